The third kappa shape index (κ3) is 3.07. The molecule has 0 saturated carbocycles. The summed E-state index contributed by atoms with van der Waals surface area (Å²) in [6, 6.07) is 5.11. The predicted octanol–water partition coefficient (Wildman–Crippen LogP) is 2.25. The molecule has 1 atom stereocenters. The lowest BCUT2D eigenvalue weighted by Crippen LogP contribution is -2.35. The van der Waals surface area contributed by atoms with E-state index in [0.717, 1.165) is 17.1 Å². The van der Waals surface area contributed by atoms with Gasteiger partial charge in [0.1, 0.15) is 0 Å². The first-order valence-corrected chi connectivity index (χ1v) is 7.28. The second-order valence-corrected chi connectivity index (χ2v) is 5.89. The predicted molar refractivity (Wildman–Crippen MR) is 77.6 cm³/mol. The van der Waals surface area contributed by atoms with Crippen molar-refractivity contribution in [2.75, 3.05) is 25.1 Å². The molecular formula is C14H17NO4S. The van der Waals surface area contributed by atoms with Crippen LogP contribution in [0.1, 0.15) is 23.7 Å². The lowest BCUT2D eigenvalue weighted by Gasteiger charge is -2.34. The quantitative estimate of drug-likeness (QED) is 0.859. The molecular weight excluding hydrogens is 278 g/mol. The standard InChI is InChI=1S/C14H17NO4S/c1-3-15-8-10(7-13(16)19-2)20-12-5-4-9(14(17)18)6-11(12)15/h4-6,10H,3,7-8H2,1-2H3,(H,17,18). The van der Waals surface area contributed by atoms with Crippen LogP contribution >= 0.6 is 11.8 Å². The van der Waals surface area contributed by atoms with Crippen LogP contribution in [-0.2, 0) is 9.53 Å². The maximum absolute atomic E-state index is 11.4. The molecule has 6 heteroatoms. The fraction of sp³-hybridized carbons (Fsp3) is 0.429. The van der Waals surface area contributed by atoms with E-state index in [4.69, 9.17) is 9.84 Å². The molecule has 5 nitrogen and oxygen atoms in total. The van der Waals surface area contributed by atoms with Crippen LogP contribution < -0.4 is 4.90 Å². The summed E-state index contributed by atoms with van der Waals surface area (Å²) in [7, 11) is 1.39. The zero-order chi connectivity index (χ0) is 14.7. The number of ether oxygens (including phenoxy) is 1. The number of carboxylic acid groups (broad SMARTS) is 1. The minimum Gasteiger partial charge on any atom is -0.478 e. The van der Waals surface area contributed by atoms with Crippen molar-refractivity contribution in [1.82, 2.24) is 0 Å². The summed E-state index contributed by atoms with van der Waals surface area (Å²) in [5.41, 5.74) is 1.22. The summed E-state index contributed by atoms with van der Waals surface area (Å²) < 4.78 is 4.71. The molecule has 0 radical (unpaired) electrons. The fourth-order valence-corrected chi connectivity index (χ4v) is 3.52. The molecule has 1 aliphatic rings. The molecule has 0 amide bonds. The molecule has 2 rings (SSSR count). The van der Waals surface area contributed by atoms with E-state index in [9.17, 15) is 9.59 Å². The van der Waals surface area contributed by atoms with Crippen LogP contribution in [-0.4, -0.2) is 42.5 Å². The summed E-state index contributed by atoms with van der Waals surface area (Å²) in [5, 5.41) is 9.19. The third-order valence-corrected chi connectivity index (χ3v) is 4.52. The molecule has 1 aromatic rings. The van der Waals surface area contributed by atoms with Gasteiger partial charge in [-0.1, -0.05) is 0 Å². The number of rotatable bonds is 4. The van der Waals surface area contributed by atoms with Crippen molar-refractivity contribution >= 4 is 29.4 Å². The Labute approximate surface area is 121 Å². The minimum absolute atomic E-state index is 0.130. The Morgan fingerprint density at radius 3 is 2.85 bits per heavy atom. The van der Waals surface area contributed by atoms with Gasteiger partial charge < -0.3 is 14.7 Å². The topological polar surface area (TPSA) is 66.8 Å². The van der Waals surface area contributed by atoms with E-state index in [1.165, 1.54) is 7.11 Å². The van der Waals surface area contributed by atoms with Crippen LogP contribution in [0.2, 0.25) is 0 Å². The number of nitrogens with zero attached hydrogens (tertiary/aromatic N) is 1. The van der Waals surface area contributed by atoms with Crippen molar-refractivity contribution in [3.05, 3.63) is 23.8 Å². The molecule has 0 aliphatic carbocycles. The van der Waals surface area contributed by atoms with Crippen LogP contribution in [0.3, 0.4) is 0 Å². The molecule has 1 N–H and O–H groups in total. The number of carbonyl (C=O) groups is 2. The maximum atomic E-state index is 11.4. The Morgan fingerprint density at radius 1 is 1.50 bits per heavy atom. The van der Waals surface area contributed by atoms with E-state index >= 15 is 0 Å². The SMILES string of the molecule is CCN1CC(CC(=O)OC)Sc2ccc(C(=O)O)cc21. The van der Waals surface area contributed by atoms with E-state index < -0.39 is 5.97 Å². The van der Waals surface area contributed by atoms with E-state index in [-0.39, 0.29) is 16.8 Å². The number of carboxylic acids is 1. The van der Waals surface area contributed by atoms with Gasteiger partial charge in [-0.15, -0.1) is 11.8 Å². The zero-order valence-corrected chi connectivity index (χ0v) is 12.3. The number of aromatic carboxylic acids is 1. The number of benzene rings is 1. The van der Waals surface area contributed by atoms with Gasteiger partial charge in [-0.25, -0.2) is 4.79 Å². The fourth-order valence-electron chi connectivity index (χ4n) is 2.23. The van der Waals surface area contributed by atoms with Crippen molar-refractivity contribution in [2.45, 2.75) is 23.5 Å². The number of methoxy groups -OCH3 is 1. The molecule has 1 aromatic carbocycles. The van der Waals surface area contributed by atoms with Gasteiger partial charge in [0, 0.05) is 23.2 Å². The molecule has 0 aromatic heterocycles. The van der Waals surface area contributed by atoms with Gasteiger partial charge in [-0.05, 0) is 25.1 Å². The summed E-state index contributed by atoms with van der Waals surface area (Å²) >= 11 is 1.60. The summed E-state index contributed by atoms with van der Waals surface area (Å²) in [5.74, 6) is -1.14. The third-order valence-electron chi connectivity index (χ3n) is 3.27. The number of carbonyl (C=O) groups excluding carboxylic acids is 1. The largest absolute Gasteiger partial charge is 0.478 e. The van der Waals surface area contributed by atoms with Crippen molar-refractivity contribution in [3.8, 4) is 0 Å². The van der Waals surface area contributed by atoms with Gasteiger partial charge in [0.25, 0.3) is 0 Å². The Hall–Kier alpha value is -1.69. The highest BCUT2D eigenvalue weighted by Gasteiger charge is 2.27. The van der Waals surface area contributed by atoms with Crippen molar-refractivity contribution < 1.29 is 19.4 Å². The first-order valence-electron chi connectivity index (χ1n) is 6.41. The number of hydrogen-bond acceptors (Lipinski definition) is 5. The van der Waals surface area contributed by atoms with Crippen LogP contribution in [0.25, 0.3) is 0 Å². The van der Waals surface area contributed by atoms with Gasteiger partial charge in [-0.2, -0.15) is 0 Å². The zero-order valence-electron chi connectivity index (χ0n) is 11.5. The van der Waals surface area contributed by atoms with Crippen LogP contribution in [0.5, 0.6) is 0 Å². The van der Waals surface area contributed by atoms with E-state index in [1.807, 2.05) is 13.0 Å². The summed E-state index contributed by atoms with van der Waals surface area (Å²) in [6.07, 6.45) is 0.359. The average Bonchev–Trinajstić information content (AvgIpc) is 2.45. The van der Waals surface area contributed by atoms with Gasteiger partial charge >= 0.3 is 11.9 Å². The normalized spacial score (nSPS) is 17.5. The van der Waals surface area contributed by atoms with Crippen LogP contribution in [0, 0.1) is 0 Å². The molecule has 0 spiro atoms. The van der Waals surface area contributed by atoms with E-state index in [0.29, 0.717) is 13.0 Å². The molecule has 1 aliphatic heterocycles. The Kier molecular flexibility index (Phi) is 4.54. The highest BCUT2D eigenvalue weighted by Crippen LogP contribution is 2.40. The molecule has 1 unspecified atom stereocenters. The monoisotopic (exact) mass is 295 g/mol. The number of hydrogen-bond donors (Lipinski definition) is 1. The lowest BCUT2D eigenvalue weighted by molar-refractivity contribution is -0.140. The lowest BCUT2D eigenvalue weighted by atomic mass is 10.1. The second kappa shape index (κ2) is 6.17. The first kappa shape index (κ1) is 14.7. The highest BCUT2D eigenvalue weighted by molar-refractivity contribution is 8.00. The highest BCUT2D eigenvalue weighted by atomic mass is 32.2. The van der Waals surface area contributed by atoms with Crippen LogP contribution in [0.15, 0.2) is 23.1 Å². The minimum atomic E-state index is -0.925. The maximum Gasteiger partial charge on any atom is 0.335 e. The summed E-state index contributed by atoms with van der Waals surface area (Å²) in [6.45, 7) is 3.50. The Balaban J connectivity index is 2.26. The second-order valence-electron chi connectivity index (χ2n) is 4.55. The number of fused-ring (bicyclic) bond motifs is 1. The molecule has 0 bridgehead atoms. The van der Waals surface area contributed by atoms with Gasteiger partial charge in [0.15, 0.2) is 0 Å². The van der Waals surface area contributed by atoms with E-state index in [1.54, 1.807) is 23.9 Å². The molecule has 0 fully saturated rings. The van der Waals surface area contributed by atoms with Crippen molar-refractivity contribution in [1.29, 1.82) is 0 Å². The summed E-state index contributed by atoms with van der Waals surface area (Å²) in [4.78, 5) is 25.6. The molecule has 20 heavy (non-hydrogen) atoms. The average molecular weight is 295 g/mol. The van der Waals surface area contributed by atoms with Gasteiger partial charge in [0.05, 0.1) is 24.8 Å². The number of esters is 1. The molecule has 1 heterocycles. The van der Waals surface area contributed by atoms with E-state index in [2.05, 4.69) is 4.90 Å². The van der Waals surface area contributed by atoms with Crippen molar-refractivity contribution in [3.63, 3.8) is 0 Å². The van der Waals surface area contributed by atoms with Gasteiger partial charge in [-0.3, -0.25) is 4.79 Å². The van der Waals surface area contributed by atoms with Crippen molar-refractivity contribution in [2.24, 2.45) is 0 Å². The Bertz CT molecular complexity index is 532. The number of anilines is 1. The first-order chi connectivity index (χ1) is 9.55. The molecule has 108 valence electrons. The number of thioether (sulfide) groups is 1. The van der Waals surface area contributed by atoms with Crippen LogP contribution in [0.4, 0.5) is 5.69 Å². The molecule has 0 saturated heterocycles. The smallest absolute Gasteiger partial charge is 0.335 e. The van der Waals surface area contributed by atoms with Gasteiger partial charge in [0.2, 0.25) is 0 Å². The Morgan fingerprint density at radius 2 is 2.25 bits per heavy atom.